The Bertz CT molecular complexity index is 376. The van der Waals surface area contributed by atoms with Gasteiger partial charge in [-0.25, -0.2) is 14.6 Å². The maximum Gasteiger partial charge on any atom is 0.355 e. The van der Waals surface area contributed by atoms with E-state index in [2.05, 4.69) is 15.0 Å². The van der Waals surface area contributed by atoms with Crippen LogP contribution in [0.15, 0.2) is 5.38 Å². The van der Waals surface area contributed by atoms with Crippen molar-refractivity contribution in [2.45, 2.75) is 13.0 Å². The molecule has 1 aromatic heterocycles. The van der Waals surface area contributed by atoms with E-state index in [1.165, 1.54) is 12.5 Å². The molecule has 0 aromatic carbocycles. The first-order valence-corrected chi connectivity index (χ1v) is 4.95. The molecule has 0 aliphatic heterocycles. The quantitative estimate of drug-likeness (QED) is 0.744. The number of esters is 1. The molecule has 15 heavy (non-hydrogen) atoms. The van der Waals surface area contributed by atoms with Crippen LogP contribution in [0.1, 0.15) is 17.4 Å². The molecule has 1 rings (SSSR count). The smallest absolute Gasteiger partial charge is 0.355 e. The van der Waals surface area contributed by atoms with Crippen molar-refractivity contribution in [3.8, 4) is 0 Å². The molecule has 1 unspecified atom stereocenters. The predicted octanol–water partition coefficient (Wildman–Crippen LogP) is 0.815. The van der Waals surface area contributed by atoms with Gasteiger partial charge in [-0.3, -0.25) is 0 Å². The van der Waals surface area contributed by atoms with Crippen LogP contribution in [0.2, 0.25) is 0 Å². The first kappa shape index (κ1) is 11.4. The van der Waals surface area contributed by atoms with Crippen molar-refractivity contribution in [1.29, 1.82) is 0 Å². The molecule has 0 bridgehead atoms. The molecule has 0 fully saturated rings. The second-order valence-electron chi connectivity index (χ2n) is 2.73. The highest BCUT2D eigenvalue weighted by atomic mass is 32.1. The minimum Gasteiger partial charge on any atom is -0.476 e. The van der Waals surface area contributed by atoms with Gasteiger partial charge >= 0.3 is 11.9 Å². The lowest BCUT2D eigenvalue weighted by Crippen LogP contribution is -2.27. The number of rotatable bonds is 4. The van der Waals surface area contributed by atoms with Gasteiger partial charge in [-0.05, 0) is 6.92 Å². The van der Waals surface area contributed by atoms with Crippen molar-refractivity contribution in [1.82, 2.24) is 4.98 Å². The number of carboxylic acids is 1. The fourth-order valence-corrected chi connectivity index (χ4v) is 1.63. The molecule has 0 aliphatic rings. The summed E-state index contributed by atoms with van der Waals surface area (Å²) >= 11 is 1.12. The largest absolute Gasteiger partial charge is 0.476 e. The van der Waals surface area contributed by atoms with Crippen LogP contribution in [0.5, 0.6) is 0 Å². The van der Waals surface area contributed by atoms with Crippen molar-refractivity contribution in [3.05, 3.63) is 11.1 Å². The van der Waals surface area contributed by atoms with Crippen molar-refractivity contribution < 1.29 is 19.4 Å². The van der Waals surface area contributed by atoms with Crippen LogP contribution in [-0.4, -0.2) is 35.2 Å². The summed E-state index contributed by atoms with van der Waals surface area (Å²) in [6.07, 6.45) is 0. The van der Waals surface area contributed by atoms with Gasteiger partial charge in [-0.2, -0.15) is 0 Å². The molecule has 0 radical (unpaired) electrons. The second-order valence-corrected chi connectivity index (χ2v) is 3.59. The number of carbonyl (C=O) groups excluding carboxylic acids is 1. The molecular weight excluding hydrogens is 220 g/mol. The summed E-state index contributed by atoms with van der Waals surface area (Å²) < 4.78 is 4.50. The SMILES string of the molecule is COC(=O)C(C)Nc1nc(C(=O)O)cs1. The number of anilines is 1. The standard InChI is InChI=1S/C8H10N2O4S/c1-4(7(13)14-2)9-8-10-5(3-15-8)6(11)12/h3-4H,1-2H3,(H,9,10)(H,11,12). The third kappa shape index (κ3) is 2.91. The molecule has 82 valence electrons. The van der Waals surface area contributed by atoms with Crippen molar-refractivity contribution in [3.63, 3.8) is 0 Å². The van der Waals surface area contributed by atoms with E-state index in [0.717, 1.165) is 11.3 Å². The van der Waals surface area contributed by atoms with Gasteiger partial charge in [0.15, 0.2) is 10.8 Å². The van der Waals surface area contributed by atoms with E-state index in [4.69, 9.17) is 5.11 Å². The molecule has 0 saturated carbocycles. The fraction of sp³-hybridized carbons (Fsp3) is 0.375. The number of ether oxygens (including phenoxy) is 1. The molecule has 6 nitrogen and oxygen atoms in total. The Morgan fingerprint density at radius 3 is 2.80 bits per heavy atom. The summed E-state index contributed by atoms with van der Waals surface area (Å²) in [6, 6.07) is -0.553. The Hall–Kier alpha value is -1.63. The molecule has 1 heterocycles. The Labute approximate surface area is 89.9 Å². The van der Waals surface area contributed by atoms with Gasteiger partial charge in [-0.1, -0.05) is 0 Å². The zero-order valence-electron chi connectivity index (χ0n) is 8.18. The van der Waals surface area contributed by atoms with Crippen molar-refractivity contribution in [2.75, 3.05) is 12.4 Å². The molecule has 0 saturated heterocycles. The van der Waals surface area contributed by atoms with Gasteiger partial charge in [0.05, 0.1) is 7.11 Å². The maximum atomic E-state index is 11.0. The molecule has 0 spiro atoms. The molecule has 7 heteroatoms. The van der Waals surface area contributed by atoms with Gasteiger partial charge in [0.1, 0.15) is 6.04 Å². The average Bonchev–Trinajstić information content (AvgIpc) is 2.65. The Kier molecular flexibility index (Phi) is 3.62. The lowest BCUT2D eigenvalue weighted by atomic mass is 10.3. The molecule has 2 N–H and O–H groups in total. The third-order valence-electron chi connectivity index (χ3n) is 1.62. The predicted molar refractivity (Wildman–Crippen MR) is 54.2 cm³/mol. The van der Waals surface area contributed by atoms with Gasteiger partial charge in [0.2, 0.25) is 0 Å². The number of aromatic nitrogens is 1. The van der Waals surface area contributed by atoms with Crippen LogP contribution in [0.25, 0.3) is 0 Å². The number of carboxylic acid groups (broad SMARTS) is 1. The highest BCUT2D eigenvalue weighted by Gasteiger charge is 2.15. The van der Waals surface area contributed by atoms with E-state index in [1.54, 1.807) is 6.92 Å². The van der Waals surface area contributed by atoms with E-state index in [-0.39, 0.29) is 5.69 Å². The highest BCUT2D eigenvalue weighted by molar-refractivity contribution is 7.13. The van der Waals surface area contributed by atoms with Gasteiger partial charge in [-0.15, -0.1) is 11.3 Å². The van der Waals surface area contributed by atoms with Crippen LogP contribution in [-0.2, 0) is 9.53 Å². The van der Waals surface area contributed by atoms with E-state index in [0.29, 0.717) is 5.13 Å². The number of nitrogens with one attached hydrogen (secondary N) is 1. The summed E-state index contributed by atoms with van der Waals surface area (Å²) in [5, 5.41) is 13.1. The lowest BCUT2D eigenvalue weighted by Gasteiger charge is -2.09. The zero-order chi connectivity index (χ0) is 11.4. The summed E-state index contributed by atoms with van der Waals surface area (Å²) in [6.45, 7) is 1.60. The molecule has 1 aromatic rings. The topological polar surface area (TPSA) is 88.5 Å². The number of carbonyl (C=O) groups is 2. The third-order valence-corrected chi connectivity index (χ3v) is 2.39. The van der Waals surface area contributed by atoms with Crippen LogP contribution in [0.4, 0.5) is 5.13 Å². The first-order chi connectivity index (χ1) is 7.04. The molecule has 0 amide bonds. The van der Waals surface area contributed by atoms with E-state index in [9.17, 15) is 9.59 Å². The Morgan fingerprint density at radius 1 is 1.67 bits per heavy atom. The Morgan fingerprint density at radius 2 is 2.33 bits per heavy atom. The number of hydrogen-bond acceptors (Lipinski definition) is 6. The summed E-state index contributed by atoms with van der Waals surface area (Å²) in [5.41, 5.74) is -0.0421. The van der Waals surface area contributed by atoms with Crippen LogP contribution < -0.4 is 5.32 Å². The van der Waals surface area contributed by atoms with Crippen LogP contribution >= 0.6 is 11.3 Å². The van der Waals surface area contributed by atoms with Crippen molar-refractivity contribution in [2.24, 2.45) is 0 Å². The number of nitrogens with zero attached hydrogens (tertiary/aromatic N) is 1. The molecule has 0 aliphatic carbocycles. The van der Waals surface area contributed by atoms with E-state index < -0.39 is 18.0 Å². The first-order valence-electron chi connectivity index (χ1n) is 4.07. The number of methoxy groups -OCH3 is 1. The Balaban J connectivity index is 2.65. The number of hydrogen-bond donors (Lipinski definition) is 2. The summed E-state index contributed by atoms with van der Waals surface area (Å²) in [4.78, 5) is 25.3. The monoisotopic (exact) mass is 230 g/mol. The van der Waals surface area contributed by atoms with Gasteiger partial charge in [0.25, 0.3) is 0 Å². The maximum absolute atomic E-state index is 11.0. The summed E-state index contributed by atoms with van der Waals surface area (Å²) in [5.74, 6) is -1.52. The van der Waals surface area contributed by atoms with Gasteiger partial charge < -0.3 is 15.2 Å². The van der Waals surface area contributed by atoms with Gasteiger partial charge in [0, 0.05) is 5.38 Å². The van der Waals surface area contributed by atoms with E-state index >= 15 is 0 Å². The van der Waals surface area contributed by atoms with Crippen molar-refractivity contribution >= 4 is 28.4 Å². The summed E-state index contributed by atoms with van der Waals surface area (Å²) in [7, 11) is 1.28. The zero-order valence-corrected chi connectivity index (χ0v) is 9.00. The minimum atomic E-state index is -1.09. The number of thiazole rings is 1. The second kappa shape index (κ2) is 4.74. The number of aromatic carboxylic acids is 1. The van der Waals surface area contributed by atoms with Crippen LogP contribution in [0.3, 0.4) is 0 Å². The average molecular weight is 230 g/mol. The molecule has 1 atom stereocenters. The highest BCUT2D eigenvalue weighted by Crippen LogP contribution is 2.16. The lowest BCUT2D eigenvalue weighted by molar-refractivity contribution is -0.141. The molecular formula is C8H10N2O4S. The van der Waals surface area contributed by atoms with Crippen LogP contribution in [0, 0.1) is 0 Å². The normalized spacial score (nSPS) is 11.9. The minimum absolute atomic E-state index is 0.0421. The fourth-order valence-electron chi connectivity index (χ4n) is 0.859. The van der Waals surface area contributed by atoms with E-state index in [1.807, 2.05) is 0 Å².